The Balaban J connectivity index is 2.05. The number of hydrogen-bond acceptors (Lipinski definition) is 4. The van der Waals surface area contributed by atoms with E-state index in [9.17, 15) is 18.0 Å². The molecular formula is C27H28BrCl2N3O4S. The number of carbonyl (C=O) groups is 2. The van der Waals surface area contributed by atoms with Gasteiger partial charge in [0.25, 0.3) is 10.0 Å². The van der Waals surface area contributed by atoms with E-state index in [4.69, 9.17) is 23.2 Å². The molecule has 38 heavy (non-hydrogen) atoms. The highest BCUT2D eigenvalue weighted by atomic mass is 79.9. The quantitative estimate of drug-likeness (QED) is 0.283. The Morgan fingerprint density at radius 2 is 1.61 bits per heavy atom. The molecule has 0 aliphatic rings. The molecule has 0 heterocycles. The number of rotatable bonds is 11. The smallest absolute Gasteiger partial charge is 0.264 e. The molecule has 0 saturated heterocycles. The molecule has 0 radical (unpaired) electrons. The van der Waals surface area contributed by atoms with Gasteiger partial charge in [-0.1, -0.05) is 76.4 Å². The first kappa shape index (κ1) is 30.0. The number of nitrogens with zero attached hydrogens (tertiary/aromatic N) is 2. The van der Waals surface area contributed by atoms with Crippen LogP contribution in [0.2, 0.25) is 10.0 Å². The van der Waals surface area contributed by atoms with Crippen LogP contribution in [0.4, 0.5) is 5.69 Å². The van der Waals surface area contributed by atoms with Gasteiger partial charge < -0.3 is 10.2 Å². The minimum Gasteiger partial charge on any atom is -0.354 e. The summed E-state index contributed by atoms with van der Waals surface area (Å²) in [6.07, 6.45) is 0.717. The molecule has 0 bridgehead atoms. The van der Waals surface area contributed by atoms with E-state index in [1.54, 1.807) is 67.6 Å². The Hall–Kier alpha value is -2.59. The van der Waals surface area contributed by atoms with Crippen LogP contribution in [-0.2, 0) is 26.2 Å². The van der Waals surface area contributed by atoms with Crippen LogP contribution in [0, 0.1) is 0 Å². The van der Waals surface area contributed by atoms with Crippen molar-refractivity contribution in [3.05, 3.63) is 92.9 Å². The maximum atomic E-state index is 13.9. The number of nitrogens with one attached hydrogen (secondary N) is 1. The minimum absolute atomic E-state index is 0.0298. The Kier molecular flexibility index (Phi) is 10.6. The summed E-state index contributed by atoms with van der Waals surface area (Å²) < 4.78 is 29.1. The standard InChI is InChI=1S/C27H28BrCl2N3O4S/c1-3-15-31-27(35)19(2)32(17-23-24(29)13-8-14-25(23)30)26(34)18-33(21-10-7-9-20(28)16-21)38(36,37)22-11-5-4-6-12-22/h4-14,16,19H,3,15,17-18H2,1-2H3,(H,31,35)/t19-/m0/s1. The maximum Gasteiger partial charge on any atom is 0.264 e. The number of carbonyl (C=O) groups excluding carboxylic acids is 2. The van der Waals surface area contributed by atoms with Gasteiger partial charge in [0.2, 0.25) is 11.8 Å². The molecule has 0 aliphatic heterocycles. The van der Waals surface area contributed by atoms with Gasteiger partial charge in [-0.2, -0.15) is 0 Å². The summed E-state index contributed by atoms with van der Waals surface area (Å²) in [4.78, 5) is 28.1. The van der Waals surface area contributed by atoms with Gasteiger partial charge in [0.05, 0.1) is 10.6 Å². The molecule has 0 unspecified atom stereocenters. The fourth-order valence-electron chi connectivity index (χ4n) is 3.71. The van der Waals surface area contributed by atoms with E-state index < -0.39 is 28.5 Å². The molecule has 0 saturated carbocycles. The molecule has 2 amide bonds. The van der Waals surface area contributed by atoms with Gasteiger partial charge in [0, 0.05) is 33.2 Å². The first-order chi connectivity index (χ1) is 18.1. The molecule has 11 heteroatoms. The average molecular weight is 641 g/mol. The lowest BCUT2D eigenvalue weighted by Crippen LogP contribution is -2.51. The minimum atomic E-state index is -4.14. The van der Waals surface area contributed by atoms with Crippen molar-refractivity contribution in [3.8, 4) is 0 Å². The highest BCUT2D eigenvalue weighted by Crippen LogP contribution is 2.29. The van der Waals surface area contributed by atoms with Gasteiger partial charge in [-0.05, 0) is 55.8 Å². The van der Waals surface area contributed by atoms with Crippen LogP contribution in [0.5, 0.6) is 0 Å². The van der Waals surface area contributed by atoms with Crippen molar-refractivity contribution < 1.29 is 18.0 Å². The van der Waals surface area contributed by atoms with Crippen molar-refractivity contribution in [2.45, 2.75) is 37.8 Å². The maximum absolute atomic E-state index is 13.9. The van der Waals surface area contributed by atoms with E-state index in [-0.39, 0.29) is 23.0 Å². The Morgan fingerprint density at radius 3 is 2.21 bits per heavy atom. The number of amides is 2. The van der Waals surface area contributed by atoms with Gasteiger partial charge in [-0.3, -0.25) is 13.9 Å². The largest absolute Gasteiger partial charge is 0.354 e. The van der Waals surface area contributed by atoms with Crippen molar-refractivity contribution in [3.63, 3.8) is 0 Å². The van der Waals surface area contributed by atoms with Crippen molar-refractivity contribution in [2.24, 2.45) is 0 Å². The van der Waals surface area contributed by atoms with Crippen LogP contribution in [0.15, 0.2) is 82.2 Å². The first-order valence-electron chi connectivity index (χ1n) is 11.9. The number of sulfonamides is 1. The van der Waals surface area contributed by atoms with Gasteiger partial charge in [-0.25, -0.2) is 8.42 Å². The Labute approximate surface area is 241 Å². The normalized spacial score (nSPS) is 12.0. The lowest BCUT2D eigenvalue weighted by atomic mass is 10.1. The second-order valence-electron chi connectivity index (χ2n) is 8.49. The van der Waals surface area contributed by atoms with Crippen LogP contribution in [0.25, 0.3) is 0 Å². The predicted molar refractivity (Wildman–Crippen MR) is 155 cm³/mol. The van der Waals surface area contributed by atoms with Crippen LogP contribution >= 0.6 is 39.1 Å². The van der Waals surface area contributed by atoms with E-state index in [2.05, 4.69) is 21.2 Å². The molecule has 0 aliphatic carbocycles. The Bertz CT molecular complexity index is 1370. The van der Waals surface area contributed by atoms with E-state index >= 15 is 0 Å². The molecule has 0 aromatic heterocycles. The molecular weight excluding hydrogens is 613 g/mol. The molecule has 0 spiro atoms. The fraction of sp³-hybridized carbons (Fsp3) is 0.259. The number of hydrogen-bond donors (Lipinski definition) is 1. The highest BCUT2D eigenvalue weighted by Gasteiger charge is 2.33. The van der Waals surface area contributed by atoms with E-state index in [1.165, 1.54) is 17.0 Å². The lowest BCUT2D eigenvalue weighted by molar-refractivity contribution is -0.139. The number of halogens is 3. The zero-order valence-corrected chi connectivity index (χ0v) is 24.8. The first-order valence-corrected chi connectivity index (χ1v) is 14.9. The predicted octanol–water partition coefficient (Wildman–Crippen LogP) is 5.89. The second-order valence-corrected chi connectivity index (χ2v) is 12.1. The Morgan fingerprint density at radius 1 is 0.974 bits per heavy atom. The summed E-state index contributed by atoms with van der Waals surface area (Å²) in [7, 11) is -4.14. The summed E-state index contributed by atoms with van der Waals surface area (Å²) in [5.41, 5.74) is 0.745. The number of benzene rings is 3. The van der Waals surface area contributed by atoms with Gasteiger partial charge in [0.15, 0.2) is 0 Å². The summed E-state index contributed by atoms with van der Waals surface area (Å²) in [6, 6.07) is 18.5. The van der Waals surface area contributed by atoms with Crippen molar-refractivity contribution in [1.82, 2.24) is 10.2 Å². The third kappa shape index (κ3) is 7.28. The van der Waals surface area contributed by atoms with Crippen LogP contribution < -0.4 is 9.62 Å². The third-order valence-corrected chi connectivity index (χ3v) is 8.80. The lowest BCUT2D eigenvalue weighted by Gasteiger charge is -2.32. The molecule has 7 nitrogen and oxygen atoms in total. The molecule has 1 atom stereocenters. The van der Waals surface area contributed by atoms with Gasteiger partial charge in [-0.15, -0.1) is 0 Å². The zero-order valence-electron chi connectivity index (χ0n) is 20.9. The van der Waals surface area contributed by atoms with Gasteiger partial charge in [0.1, 0.15) is 12.6 Å². The average Bonchev–Trinajstić information content (AvgIpc) is 2.90. The van der Waals surface area contributed by atoms with Crippen molar-refractivity contribution in [1.29, 1.82) is 0 Å². The van der Waals surface area contributed by atoms with E-state index in [0.29, 0.717) is 33.0 Å². The third-order valence-electron chi connectivity index (χ3n) is 5.81. The van der Waals surface area contributed by atoms with E-state index in [1.807, 2.05) is 6.92 Å². The highest BCUT2D eigenvalue weighted by molar-refractivity contribution is 9.10. The molecule has 3 rings (SSSR count). The second kappa shape index (κ2) is 13.5. The molecule has 202 valence electrons. The zero-order chi connectivity index (χ0) is 27.9. The van der Waals surface area contributed by atoms with Crippen LogP contribution in [-0.4, -0.2) is 44.3 Å². The molecule has 3 aromatic rings. The summed E-state index contributed by atoms with van der Waals surface area (Å²) in [5, 5.41) is 3.46. The van der Waals surface area contributed by atoms with Crippen molar-refractivity contribution in [2.75, 3.05) is 17.4 Å². The summed E-state index contributed by atoms with van der Waals surface area (Å²) in [6.45, 7) is 3.30. The molecule has 1 N–H and O–H groups in total. The molecule has 3 aromatic carbocycles. The number of anilines is 1. The monoisotopic (exact) mass is 639 g/mol. The van der Waals surface area contributed by atoms with Gasteiger partial charge >= 0.3 is 0 Å². The SMILES string of the molecule is CCCNC(=O)[C@H](C)N(Cc1c(Cl)cccc1Cl)C(=O)CN(c1cccc(Br)c1)S(=O)(=O)c1ccccc1. The van der Waals surface area contributed by atoms with Crippen LogP contribution in [0.1, 0.15) is 25.8 Å². The topological polar surface area (TPSA) is 86.8 Å². The fourth-order valence-corrected chi connectivity index (χ4v) is 6.04. The summed E-state index contributed by atoms with van der Waals surface area (Å²) >= 11 is 16.1. The van der Waals surface area contributed by atoms with Crippen molar-refractivity contribution >= 4 is 66.7 Å². The molecule has 0 fully saturated rings. The van der Waals surface area contributed by atoms with Crippen LogP contribution in [0.3, 0.4) is 0 Å². The summed E-state index contributed by atoms with van der Waals surface area (Å²) in [5.74, 6) is -0.970. The van der Waals surface area contributed by atoms with E-state index in [0.717, 1.165) is 4.31 Å².